The van der Waals surface area contributed by atoms with Gasteiger partial charge in [-0.05, 0) is 113 Å². The average molecular weight is 786 g/mol. The summed E-state index contributed by atoms with van der Waals surface area (Å²) in [4.78, 5) is 23.8. The topological polar surface area (TPSA) is 98.6 Å². The van der Waals surface area contributed by atoms with Crippen LogP contribution in [0, 0.1) is 12.3 Å². The van der Waals surface area contributed by atoms with Gasteiger partial charge >= 0.3 is 11.8 Å². The minimum atomic E-state index is -0.739. The van der Waals surface area contributed by atoms with Crippen LogP contribution in [0.2, 0.25) is 0 Å². The summed E-state index contributed by atoms with van der Waals surface area (Å²) in [5.41, 5.74) is 7.25. The van der Waals surface area contributed by atoms with Crippen molar-refractivity contribution in [1.29, 1.82) is 0 Å². The number of aliphatic imine (C=N–C) groups is 2. The van der Waals surface area contributed by atoms with Crippen LogP contribution >= 0.6 is 0 Å². The van der Waals surface area contributed by atoms with Gasteiger partial charge in [-0.1, -0.05) is 50.6 Å². The molecule has 9 nitrogen and oxygen atoms in total. The molecule has 4 aliphatic rings. The van der Waals surface area contributed by atoms with Gasteiger partial charge in [0.25, 0.3) is 0 Å². The van der Waals surface area contributed by atoms with Crippen molar-refractivity contribution in [2.45, 2.75) is 97.9 Å². The monoisotopic (exact) mass is 785 g/mol. The fourth-order valence-corrected chi connectivity index (χ4v) is 8.27. The van der Waals surface area contributed by atoms with E-state index in [0.717, 1.165) is 108 Å². The molecule has 2 N–H and O–H groups in total. The lowest BCUT2D eigenvalue weighted by molar-refractivity contribution is -0.882. The highest BCUT2D eigenvalue weighted by atomic mass is 16.5. The molecule has 2 aromatic rings. The number of aromatic nitrogens is 1. The summed E-state index contributed by atoms with van der Waals surface area (Å²) in [5, 5.41) is 18.5. The van der Waals surface area contributed by atoms with Crippen molar-refractivity contribution in [3.05, 3.63) is 137 Å². The number of carboxylic acid groups (broad SMARTS) is 1. The van der Waals surface area contributed by atoms with Crippen LogP contribution in [0.25, 0.3) is 0 Å². The molecule has 306 valence electrons. The number of pyridine rings is 1. The number of carbonyl (C=O) groups is 1. The summed E-state index contributed by atoms with van der Waals surface area (Å²) in [6, 6.07) is 12.5. The second kappa shape index (κ2) is 17.7. The first-order valence-corrected chi connectivity index (χ1v) is 20.9. The summed E-state index contributed by atoms with van der Waals surface area (Å²) in [6.45, 7) is 17.9. The first kappa shape index (κ1) is 42.3. The maximum absolute atomic E-state index is 11.0. The largest absolute Gasteiger partial charge is 0.513 e. The number of hydrogen-bond acceptors (Lipinski definition) is 6. The molecule has 0 bridgehead atoms. The number of rotatable bonds is 17. The van der Waals surface area contributed by atoms with Gasteiger partial charge in [-0.2, -0.15) is 0 Å². The van der Waals surface area contributed by atoms with Crippen LogP contribution in [-0.4, -0.2) is 70.8 Å². The fourth-order valence-electron chi connectivity index (χ4n) is 8.27. The Balaban J connectivity index is 1.33. The number of hydrogen-bond donors (Lipinski definition) is 2. The van der Waals surface area contributed by atoms with Gasteiger partial charge in [0.15, 0.2) is 5.71 Å². The van der Waals surface area contributed by atoms with Gasteiger partial charge in [0.1, 0.15) is 30.4 Å². The molecule has 0 unspecified atom stereocenters. The van der Waals surface area contributed by atoms with Gasteiger partial charge in [0.05, 0.1) is 49.3 Å². The van der Waals surface area contributed by atoms with Gasteiger partial charge in [-0.15, -0.1) is 0 Å². The molecule has 58 heavy (non-hydrogen) atoms. The zero-order chi connectivity index (χ0) is 41.7. The van der Waals surface area contributed by atoms with Crippen molar-refractivity contribution < 1.29 is 28.8 Å². The molecular formula is C49H63N5O4+2. The van der Waals surface area contributed by atoms with Crippen LogP contribution in [0.4, 0.5) is 5.82 Å². The average Bonchev–Trinajstić information content (AvgIpc) is 3.58. The highest BCUT2D eigenvalue weighted by molar-refractivity contribution is 6.08. The second-order valence-corrected chi connectivity index (χ2v) is 17.9. The summed E-state index contributed by atoms with van der Waals surface area (Å²) in [6.07, 6.45) is 23.6. The first-order chi connectivity index (χ1) is 27.5. The third-order valence-electron chi connectivity index (χ3n) is 11.7. The number of aryl methyl sites for hydroxylation is 2. The van der Waals surface area contributed by atoms with Crippen LogP contribution in [0.15, 0.2) is 136 Å². The molecule has 1 aromatic heterocycles. The van der Waals surface area contributed by atoms with Gasteiger partial charge in [0, 0.05) is 47.7 Å². The maximum Gasteiger partial charge on any atom is 0.327 e. The Hall–Kier alpha value is -5.28. The number of nitrogens with zero attached hydrogens (tertiary/aromatic N) is 5. The fraction of sp³-hybridized carbons (Fsp3) is 0.429. The lowest BCUT2D eigenvalue weighted by Gasteiger charge is -2.36. The lowest BCUT2D eigenvalue weighted by Crippen LogP contribution is -2.46. The molecule has 0 saturated heterocycles. The van der Waals surface area contributed by atoms with Crippen LogP contribution in [0.5, 0.6) is 5.75 Å². The van der Waals surface area contributed by atoms with Crippen molar-refractivity contribution in [1.82, 2.24) is 4.90 Å². The second-order valence-electron chi connectivity index (χ2n) is 17.9. The summed E-state index contributed by atoms with van der Waals surface area (Å²) < 4.78 is 9.84. The Bertz CT molecular complexity index is 2160. The number of aliphatic hydroxyl groups excluding tert-OH is 1. The summed E-state index contributed by atoms with van der Waals surface area (Å²) in [7, 11) is 4.53. The van der Waals surface area contributed by atoms with Gasteiger partial charge in [-0.25, -0.2) is 9.56 Å². The van der Waals surface area contributed by atoms with Crippen molar-refractivity contribution >= 4 is 23.3 Å². The molecule has 0 aliphatic carbocycles. The Morgan fingerprint density at radius 1 is 0.931 bits per heavy atom. The molecule has 0 atom stereocenters. The highest BCUT2D eigenvalue weighted by Crippen LogP contribution is 2.45. The number of benzene rings is 1. The highest BCUT2D eigenvalue weighted by Gasteiger charge is 2.43. The number of likely N-dealkylation sites (N-methyl/N-ethyl adjacent to an activating group) is 1. The zero-order valence-electron chi connectivity index (χ0n) is 35.7. The number of amidine groups is 1. The number of unbranched alkanes of at least 4 members (excludes halogenated alkanes) is 4. The van der Waals surface area contributed by atoms with Gasteiger partial charge in [-0.3, -0.25) is 4.79 Å². The van der Waals surface area contributed by atoms with Crippen LogP contribution in [-0.2, 0) is 16.8 Å². The molecule has 0 amide bonds. The number of fused-ring (bicyclic) bond motifs is 2. The number of aliphatic carboxylic acids is 1. The molecule has 6 rings (SSSR count). The van der Waals surface area contributed by atoms with Crippen LogP contribution in [0.1, 0.15) is 90.2 Å². The van der Waals surface area contributed by atoms with Gasteiger partial charge < -0.3 is 24.3 Å². The van der Waals surface area contributed by atoms with E-state index >= 15 is 0 Å². The molecule has 0 fully saturated rings. The third-order valence-corrected chi connectivity index (χ3v) is 11.7. The van der Waals surface area contributed by atoms with E-state index in [9.17, 15) is 9.90 Å². The predicted octanol–water partition coefficient (Wildman–Crippen LogP) is 9.91. The third kappa shape index (κ3) is 9.87. The normalized spacial score (nSPS) is 20.3. The molecule has 0 saturated carbocycles. The SMILES string of the molecule is C=C(O)CCCCCN1C=CC=C2C1=N/C(=C/C=C1\C[N+](C)(C)CC(/C=C/C3=Nc4c(ccc[n+]4CCCCCC(=O)O)C3(C)C)=C1Oc1ccc(C)cc1)C2(C)C. The summed E-state index contributed by atoms with van der Waals surface area (Å²) >= 11 is 0. The van der Waals surface area contributed by atoms with E-state index in [1.165, 1.54) is 16.7 Å². The Labute approximate surface area is 345 Å². The summed E-state index contributed by atoms with van der Waals surface area (Å²) in [5.74, 6) is 3.17. The van der Waals surface area contributed by atoms with E-state index in [-0.39, 0.29) is 23.0 Å². The molecule has 0 spiro atoms. The molecule has 9 heteroatoms. The Kier molecular flexibility index (Phi) is 12.9. The van der Waals surface area contributed by atoms with E-state index in [0.29, 0.717) is 12.8 Å². The Morgan fingerprint density at radius 2 is 1.67 bits per heavy atom. The van der Waals surface area contributed by atoms with Crippen molar-refractivity contribution in [2.24, 2.45) is 15.4 Å². The number of allylic oxidation sites excluding steroid dienone is 7. The molecule has 1 aromatic carbocycles. The zero-order valence-corrected chi connectivity index (χ0v) is 35.7. The van der Waals surface area contributed by atoms with Crippen LogP contribution in [0.3, 0.4) is 0 Å². The molecule has 0 radical (unpaired) electrons. The van der Waals surface area contributed by atoms with Crippen molar-refractivity contribution in [3.63, 3.8) is 0 Å². The molecule has 4 aliphatic heterocycles. The lowest BCUT2D eigenvalue weighted by atomic mass is 9.81. The predicted molar refractivity (Wildman–Crippen MR) is 234 cm³/mol. The van der Waals surface area contributed by atoms with E-state index in [1.54, 1.807) is 0 Å². The van der Waals surface area contributed by atoms with Crippen molar-refractivity contribution in [2.75, 3.05) is 33.7 Å². The van der Waals surface area contributed by atoms with E-state index in [2.05, 4.69) is 138 Å². The van der Waals surface area contributed by atoms with E-state index in [1.807, 2.05) is 12.1 Å². The van der Waals surface area contributed by atoms with E-state index in [4.69, 9.17) is 19.8 Å². The van der Waals surface area contributed by atoms with E-state index < -0.39 is 5.97 Å². The number of carboxylic acids is 1. The maximum atomic E-state index is 11.0. The number of ether oxygens (including phenoxy) is 1. The molecular weight excluding hydrogens is 723 g/mol. The van der Waals surface area contributed by atoms with Crippen LogP contribution < -0.4 is 9.30 Å². The minimum Gasteiger partial charge on any atom is -0.513 e. The van der Waals surface area contributed by atoms with Crippen molar-refractivity contribution in [3.8, 4) is 5.75 Å². The first-order valence-electron chi connectivity index (χ1n) is 20.9. The molecule has 5 heterocycles. The number of quaternary nitrogens is 1. The Morgan fingerprint density at radius 3 is 2.41 bits per heavy atom. The standard InChI is InChI=1S/C49H61N5O4/c1-35-21-25-39(26-22-35)58-45-37(23-27-42-48(3,4)40-18-15-31-52(46(40)50-42)29-13-9-11-17-36(2)55)33-54(7,8)34-38(45)24-28-43-49(5,6)41-19-16-32-53(47(41)51-43)30-14-10-12-20-44(56)57/h15-16,18-19,21-28,31-32H,2,9-14,17,20,29-30,33-34H2,1,3-8H3/p+2. The quantitative estimate of drug-likeness (QED) is 0.0721. The smallest absolute Gasteiger partial charge is 0.327 e. The van der Waals surface area contributed by atoms with Gasteiger partial charge in [0.2, 0.25) is 0 Å². The minimum absolute atomic E-state index is 0.208. The number of aliphatic hydroxyl groups is 1.